The molecule has 0 aromatic carbocycles. The Kier molecular flexibility index (Phi) is 6.40. The van der Waals surface area contributed by atoms with Crippen LogP contribution in [0.25, 0.3) is 0 Å². The minimum atomic E-state index is -4.66. The van der Waals surface area contributed by atoms with E-state index >= 15 is 0 Å². The molecule has 4 aliphatic rings. The van der Waals surface area contributed by atoms with Crippen molar-refractivity contribution < 1.29 is 37.5 Å². The number of carboxylic acid groups (broad SMARTS) is 1. The lowest BCUT2D eigenvalue weighted by atomic mass is 9.78. The molecule has 1 saturated carbocycles. The van der Waals surface area contributed by atoms with Gasteiger partial charge in [-0.2, -0.15) is 13.2 Å². The maximum absolute atomic E-state index is 13.3. The van der Waals surface area contributed by atoms with Crippen molar-refractivity contribution in [1.29, 1.82) is 0 Å². The van der Waals surface area contributed by atoms with Crippen molar-refractivity contribution in [3.05, 3.63) is 10.6 Å². The Morgan fingerprint density at radius 1 is 1.29 bits per heavy atom. The summed E-state index contributed by atoms with van der Waals surface area (Å²) in [5.74, 6) is -4.19. The molecule has 6 atom stereocenters. The quantitative estimate of drug-likeness (QED) is 0.433. The van der Waals surface area contributed by atoms with E-state index in [1.54, 1.807) is 21.0 Å². The van der Waals surface area contributed by atoms with Gasteiger partial charge in [-0.05, 0) is 26.2 Å². The molecule has 3 heterocycles. The Morgan fingerprint density at radius 3 is 2.43 bits per heavy atom. The Bertz CT molecular complexity index is 996. The van der Waals surface area contributed by atoms with Crippen molar-refractivity contribution in [2.24, 2.45) is 17.3 Å². The van der Waals surface area contributed by atoms with Crippen molar-refractivity contribution in [1.82, 2.24) is 20.4 Å². The number of aliphatic carboxylic acids is 1. The van der Waals surface area contributed by atoms with Crippen LogP contribution in [0.1, 0.15) is 33.1 Å². The van der Waals surface area contributed by atoms with Gasteiger partial charge in [-0.15, -0.1) is 11.8 Å². The van der Waals surface area contributed by atoms with Gasteiger partial charge in [0.05, 0.1) is 18.0 Å². The Balaban J connectivity index is 1.47. The van der Waals surface area contributed by atoms with Gasteiger partial charge in [0.1, 0.15) is 11.1 Å². The van der Waals surface area contributed by atoms with Gasteiger partial charge >= 0.3 is 12.1 Å². The average Bonchev–Trinajstić information content (AvgIpc) is 3.40. The molecule has 4 rings (SSSR count). The number of amides is 3. The molecule has 3 N–H and O–H groups in total. The summed E-state index contributed by atoms with van der Waals surface area (Å²) in [5, 5.41) is 15.3. The largest absolute Gasteiger partial charge is 0.477 e. The molecule has 2 saturated heterocycles. The van der Waals surface area contributed by atoms with Crippen LogP contribution < -0.4 is 10.6 Å². The number of carbonyl (C=O) groups excluding carboxylic acids is 3. The number of hydrogen-bond acceptors (Lipinski definition) is 6. The van der Waals surface area contributed by atoms with E-state index in [0.29, 0.717) is 17.9 Å². The second-order valence-corrected chi connectivity index (χ2v) is 11.4. The Morgan fingerprint density at radius 2 is 1.91 bits per heavy atom. The third-order valence-corrected chi connectivity index (χ3v) is 9.05. The van der Waals surface area contributed by atoms with Crippen LogP contribution in [0, 0.1) is 17.3 Å². The van der Waals surface area contributed by atoms with Crippen molar-refractivity contribution in [2.45, 2.75) is 62.7 Å². The minimum absolute atomic E-state index is 0.0732. The summed E-state index contributed by atoms with van der Waals surface area (Å²) in [6.07, 6.45) is -4.72. The zero-order chi connectivity index (χ0) is 26.0. The maximum Gasteiger partial charge on any atom is 0.403 e. The highest BCUT2D eigenvalue weighted by atomic mass is 32.2. The van der Waals surface area contributed by atoms with Crippen LogP contribution in [0.3, 0.4) is 0 Å². The van der Waals surface area contributed by atoms with E-state index in [1.807, 2.05) is 0 Å². The molecule has 35 heavy (non-hydrogen) atoms. The van der Waals surface area contributed by atoms with Gasteiger partial charge < -0.3 is 25.5 Å². The highest BCUT2D eigenvalue weighted by molar-refractivity contribution is 8.03. The number of thioether (sulfide) groups is 1. The van der Waals surface area contributed by atoms with Crippen LogP contribution in [-0.4, -0.2) is 88.8 Å². The molecule has 0 bridgehead atoms. The van der Waals surface area contributed by atoms with E-state index in [0.717, 1.165) is 0 Å². The first-order valence-electron chi connectivity index (χ1n) is 11.5. The molecule has 0 spiro atoms. The number of nitrogens with one attached hydrogen (secondary N) is 2. The molecular formula is C22H29F3N4O5S. The van der Waals surface area contributed by atoms with E-state index in [-0.39, 0.29) is 41.7 Å². The van der Waals surface area contributed by atoms with Crippen LogP contribution in [0.4, 0.5) is 13.2 Å². The van der Waals surface area contributed by atoms with E-state index in [2.05, 4.69) is 10.6 Å². The first kappa shape index (κ1) is 25.8. The van der Waals surface area contributed by atoms with Gasteiger partial charge in [0.25, 0.3) is 0 Å². The molecule has 0 aromatic heterocycles. The number of carbonyl (C=O) groups is 4. The SMILES string of the molecule is C[C@@H](NC(=O)C1(C(F)(F)F)CC1)[C@H]1C(=O)N2C(C(=O)O)=C(S[C@@H]3CN[C@H](C(=O)N(C)C)C3)[C@H](C)[C@H]12. The number of carboxylic acids is 1. The number of hydrogen-bond donors (Lipinski definition) is 3. The van der Waals surface area contributed by atoms with Crippen LogP contribution in [-0.2, 0) is 19.2 Å². The second kappa shape index (κ2) is 8.68. The number of rotatable bonds is 7. The topological polar surface area (TPSA) is 119 Å². The zero-order valence-corrected chi connectivity index (χ0v) is 20.6. The van der Waals surface area contributed by atoms with Crippen LogP contribution in [0.5, 0.6) is 0 Å². The third-order valence-electron chi connectivity index (χ3n) is 7.54. The number of fused-ring (bicyclic) bond motifs is 1. The van der Waals surface area contributed by atoms with Gasteiger partial charge in [-0.3, -0.25) is 14.4 Å². The van der Waals surface area contributed by atoms with E-state index < -0.39 is 47.4 Å². The highest BCUT2D eigenvalue weighted by Crippen LogP contribution is 2.58. The standard InChI is InChI=1S/C22H29F3N4O5S/c1-9-14-13(10(2)27-20(34)21(5-6-21)22(23,24)25)18(31)29(14)15(19(32)33)16(9)35-11-7-12(26-8-11)17(30)28(3)4/h9-14,26H,5-8H2,1-4H3,(H,27,34)(H,32,33)/t9-,10-,11+,12+,13-,14-/m1/s1. The average molecular weight is 519 g/mol. The van der Waals surface area contributed by atoms with Crippen molar-refractivity contribution >= 4 is 35.5 Å². The number of nitrogens with zero attached hydrogens (tertiary/aromatic N) is 2. The minimum Gasteiger partial charge on any atom is -0.477 e. The second-order valence-electron chi connectivity index (χ2n) is 10.0. The Labute approximate surface area is 204 Å². The van der Waals surface area contributed by atoms with Crippen molar-refractivity contribution in [3.63, 3.8) is 0 Å². The number of likely N-dealkylation sites (N-methyl/N-ethyl adjacent to an activating group) is 1. The summed E-state index contributed by atoms with van der Waals surface area (Å²) < 4.78 is 39.9. The lowest BCUT2D eigenvalue weighted by Gasteiger charge is -2.47. The maximum atomic E-state index is 13.3. The van der Waals surface area contributed by atoms with E-state index in [1.165, 1.54) is 28.5 Å². The van der Waals surface area contributed by atoms with Crippen LogP contribution in [0.2, 0.25) is 0 Å². The molecule has 3 fully saturated rings. The van der Waals surface area contributed by atoms with Gasteiger partial charge in [-0.1, -0.05) is 6.92 Å². The van der Waals surface area contributed by atoms with Crippen LogP contribution in [0.15, 0.2) is 10.6 Å². The molecule has 3 aliphatic heterocycles. The van der Waals surface area contributed by atoms with Gasteiger partial charge in [0.2, 0.25) is 17.7 Å². The molecule has 194 valence electrons. The molecule has 0 radical (unpaired) electrons. The van der Waals surface area contributed by atoms with E-state index in [9.17, 15) is 37.5 Å². The lowest BCUT2D eigenvalue weighted by Crippen LogP contribution is -2.66. The molecule has 0 unspecified atom stereocenters. The summed E-state index contributed by atoms with van der Waals surface area (Å²) in [6, 6.07) is -1.83. The zero-order valence-electron chi connectivity index (χ0n) is 19.8. The van der Waals surface area contributed by atoms with Crippen molar-refractivity contribution in [2.75, 3.05) is 20.6 Å². The fourth-order valence-corrected chi connectivity index (χ4v) is 6.85. The molecular weight excluding hydrogens is 489 g/mol. The van der Waals surface area contributed by atoms with Gasteiger partial charge in [0, 0.05) is 42.8 Å². The van der Waals surface area contributed by atoms with Gasteiger partial charge in [-0.25, -0.2) is 4.79 Å². The van der Waals surface area contributed by atoms with Gasteiger partial charge in [0.15, 0.2) is 0 Å². The normalized spacial score (nSPS) is 32.1. The summed E-state index contributed by atoms with van der Waals surface area (Å²) in [5.41, 5.74) is -2.51. The van der Waals surface area contributed by atoms with E-state index in [4.69, 9.17) is 0 Å². The highest BCUT2D eigenvalue weighted by Gasteiger charge is 2.69. The van der Waals surface area contributed by atoms with Crippen molar-refractivity contribution in [3.8, 4) is 0 Å². The third kappa shape index (κ3) is 4.09. The van der Waals surface area contributed by atoms with Crippen LogP contribution >= 0.6 is 11.8 Å². The molecule has 1 aliphatic carbocycles. The monoisotopic (exact) mass is 518 g/mol. The molecule has 0 aromatic rings. The number of alkyl halides is 3. The summed E-state index contributed by atoms with van der Waals surface area (Å²) >= 11 is 1.32. The predicted octanol–water partition coefficient (Wildman–Crippen LogP) is 1.16. The molecule has 13 heteroatoms. The molecule has 3 amide bonds. The Hall–Kier alpha value is -2.28. The number of halogens is 3. The lowest BCUT2D eigenvalue weighted by molar-refractivity contribution is -0.193. The fourth-order valence-electron chi connectivity index (χ4n) is 5.37. The summed E-state index contributed by atoms with van der Waals surface area (Å²) in [4.78, 5) is 52.9. The smallest absolute Gasteiger partial charge is 0.403 e. The fraction of sp³-hybridized carbons (Fsp3) is 0.727. The number of β-lactam (4-membered cyclic amide) rings is 1. The summed E-state index contributed by atoms with van der Waals surface area (Å²) in [6.45, 7) is 3.76. The first-order valence-corrected chi connectivity index (χ1v) is 12.4. The summed E-state index contributed by atoms with van der Waals surface area (Å²) in [7, 11) is 3.32. The predicted molar refractivity (Wildman–Crippen MR) is 120 cm³/mol. The molecule has 9 nitrogen and oxygen atoms in total. The first-order chi connectivity index (χ1) is 16.2.